The van der Waals surface area contributed by atoms with Crippen LogP contribution in [0.4, 0.5) is 0 Å². The Morgan fingerprint density at radius 3 is 3.00 bits per heavy atom. The summed E-state index contributed by atoms with van der Waals surface area (Å²) in [7, 11) is 0. The number of rotatable bonds is 3. The number of likely N-dealkylation sites (tertiary alicyclic amines) is 1. The Morgan fingerprint density at radius 1 is 1.35 bits per heavy atom. The average Bonchev–Trinajstić information content (AvgIpc) is 2.85. The lowest BCUT2D eigenvalue weighted by molar-refractivity contribution is 0.199. The van der Waals surface area contributed by atoms with Crippen LogP contribution in [0.2, 0.25) is 0 Å². The molecule has 106 valence electrons. The van der Waals surface area contributed by atoms with Crippen molar-refractivity contribution < 1.29 is 0 Å². The summed E-state index contributed by atoms with van der Waals surface area (Å²) in [6, 6.07) is 4.30. The van der Waals surface area contributed by atoms with E-state index in [1.165, 1.54) is 35.5 Å². The van der Waals surface area contributed by atoms with Gasteiger partial charge in [-0.25, -0.2) is 9.97 Å². The van der Waals surface area contributed by atoms with Crippen LogP contribution in [-0.2, 0) is 6.54 Å². The van der Waals surface area contributed by atoms with E-state index in [-0.39, 0.29) is 0 Å². The molecule has 2 aromatic heterocycles. The van der Waals surface area contributed by atoms with E-state index in [1.807, 2.05) is 24.5 Å². The lowest BCUT2D eigenvalue weighted by Gasteiger charge is -2.32. The highest BCUT2D eigenvalue weighted by Crippen LogP contribution is 2.27. The smallest absolute Gasteiger partial charge is 0.125 e. The maximum absolute atomic E-state index is 4.61. The molecule has 0 spiro atoms. The molecule has 0 aliphatic carbocycles. The van der Waals surface area contributed by atoms with Crippen molar-refractivity contribution in [3.8, 4) is 0 Å². The highest BCUT2D eigenvalue weighted by molar-refractivity contribution is 7.10. The highest BCUT2D eigenvalue weighted by Gasteiger charge is 2.23. The van der Waals surface area contributed by atoms with Crippen molar-refractivity contribution in [2.75, 3.05) is 13.1 Å². The van der Waals surface area contributed by atoms with E-state index in [1.54, 1.807) is 0 Å². The predicted molar refractivity (Wildman–Crippen MR) is 83.1 cm³/mol. The molecule has 20 heavy (non-hydrogen) atoms. The maximum Gasteiger partial charge on any atom is 0.125 e. The van der Waals surface area contributed by atoms with Gasteiger partial charge in [-0.2, -0.15) is 0 Å². The highest BCUT2D eigenvalue weighted by atomic mass is 32.1. The summed E-state index contributed by atoms with van der Waals surface area (Å²) in [6.07, 6.45) is 4.40. The SMILES string of the molecule is Cc1nccc(C2CCCN(Cc3sccc3C)C2)n1. The summed E-state index contributed by atoms with van der Waals surface area (Å²) in [6.45, 7) is 7.59. The molecular weight excluding hydrogens is 266 g/mol. The fourth-order valence-corrected chi connectivity index (χ4v) is 3.86. The second-order valence-corrected chi connectivity index (χ2v) is 6.63. The quantitative estimate of drug-likeness (QED) is 0.864. The number of hydrogen-bond donors (Lipinski definition) is 0. The third kappa shape index (κ3) is 3.07. The molecule has 1 atom stereocenters. The van der Waals surface area contributed by atoms with Crippen molar-refractivity contribution in [3.63, 3.8) is 0 Å². The molecule has 4 heteroatoms. The first-order chi connectivity index (χ1) is 9.72. The molecule has 1 unspecified atom stereocenters. The number of hydrogen-bond acceptors (Lipinski definition) is 4. The van der Waals surface area contributed by atoms with E-state index < -0.39 is 0 Å². The Bertz CT molecular complexity index is 579. The van der Waals surface area contributed by atoms with Crippen molar-refractivity contribution in [1.29, 1.82) is 0 Å². The molecule has 1 saturated heterocycles. The Hall–Kier alpha value is -1.26. The van der Waals surface area contributed by atoms with Crippen LogP contribution < -0.4 is 0 Å². The van der Waals surface area contributed by atoms with Gasteiger partial charge in [-0.05, 0) is 56.3 Å². The van der Waals surface area contributed by atoms with Crippen LogP contribution in [0.25, 0.3) is 0 Å². The fraction of sp³-hybridized carbons (Fsp3) is 0.500. The van der Waals surface area contributed by atoms with Gasteiger partial charge in [0.15, 0.2) is 0 Å². The zero-order chi connectivity index (χ0) is 13.9. The minimum absolute atomic E-state index is 0.561. The van der Waals surface area contributed by atoms with Crippen LogP contribution in [-0.4, -0.2) is 28.0 Å². The summed E-state index contributed by atoms with van der Waals surface area (Å²) in [5.41, 5.74) is 2.64. The van der Waals surface area contributed by atoms with Gasteiger partial charge in [0.25, 0.3) is 0 Å². The Balaban J connectivity index is 1.69. The number of aryl methyl sites for hydroxylation is 2. The molecule has 3 nitrogen and oxygen atoms in total. The monoisotopic (exact) mass is 287 g/mol. The Morgan fingerprint density at radius 2 is 2.25 bits per heavy atom. The fourth-order valence-electron chi connectivity index (χ4n) is 2.91. The molecule has 0 radical (unpaired) electrons. The van der Waals surface area contributed by atoms with E-state index in [2.05, 4.69) is 39.3 Å². The second-order valence-electron chi connectivity index (χ2n) is 5.63. The van der Waals surface area contributed by atoms with Crippen molar-refractivity contribution in [2.45, 2.75) is 39.2 Å². The summed E-state index contributed by atoms with van der Waals surface area (Å²) < 4.78 is 0. The molecule has 0 aromatic carbocycles. The van der Waals surface area contributed by atoms with E-state index >= 15 is 0 Å². The zero-order valence-corrected chi connectivity index (χ0v) is 13.0. The molecule has 0 bridgehead atoms. The van der Waals surface area contributed by atoms with Crippen LogP contribution in [0, 0.1) is 13.8 Å². The van der Waals surface area contributed by atoms with Gasteiger partial charge in [0.1, 0.15) is 5.82 Å². The number of piperidine rings is 1. The van der Waals surface area contributed by atoms with Crippen LogP contribution >= 0.6 is 11.3 Å². The minimum Gasteiger partial charge on any atom is -0.298 e. The number of aromatic nitrogens is 2. The number of thiophene rings is 1. The van der Waals surface area contributed by atoms with Gasteiger partial charge in [0.05, 0.1) is 0 Å². The number of nitrogens with zero attached hydrogens (tertiary/aromatic N) is 3. The van der Waals surface area contributed by atoms with E-state index in [4.69, 9.17) is 0 Å². The van der Waals surface area contributed by atoms with Crippen LogP contribution in [0.1, 0.15) is 40.7 Å². The van der Waals surface area contributed by atoms with Gasteiger partial charge in [0.2, 0.25) is 0 Å². The molecular formula is C16H21N3S. The molecule has 1 fully saturated rings. The Labute approximate surface area is 124 Å². The summed E-state index contributed by atoms with van der Waals surface area (Å²) in [5.74, 6) is 1.44. The zero-order valence-electron chi connectivity index (χ0n) is 12.2. The van der Waals surface area contributed by atoms with Gasteiger partial charge in [-0.15, -0.1) is 11.3 Å². The topological polar surface area (TPSA) is 29.0 Å². The summed E-state index contributed by atoms with van der Waals surface area (Å²) >= 11 is 1.88. The van der Waals surface area contributed by atoms with E-state index in [0.717, 1.165) is 18.9 Å². The predicted octanol–water partition coefficient (Wildman–Crippen LogP) is 3.53. The lowest BCUT2D eigenvalue weighted by atomic mass is 9.94. The standard InChI is InChI=1S/C16H21N3S/c1-12-6-9-20-16(12)11-19-8-3-4-14(10-19)15-5-7-17-13(2)18-15/h5-7,9,14H,3-4,8,10-11H2,1-2H3. The third-order valence-corrected chi connectivity index (χ3v) is 5.06. The van der Waals surface area contributed by atoms with Crippen LogP contribution in [0.5, 0.6) is 0 Å². The minimum atomic E-state index is 0.561. The lowest BCUT2D eigenvalue weighted by Crippen LogP contribution is -2.34. The molecule has 2 aromatic rings. The summed E-state index contributed by atoms with van der Waals surface area (Å²) in [5, 5.41) is 2.19. The first kappa shape index (κ1) is 13.7. The van der Waals surface area contributed by atoms with Crippen molar-refractivity contribution in [2.24, 2.45) is 0 Å². The molecule has 1 aliphatic heterocycles. The van der Waals surface area contributed by atoms with Gasteiger partial charge in [-0.1, -0.05) is 0 Å². The van der Waals surface area contributed by atoms with Gasteiger partial charge >= 0.3 is 0 Å². The van der Waals surface area contributed by atoms with E-state index in [9.17, 15) is 0 Å². The van der Waals surface area contributed by atoms with Gasteiger partial charge in [-0.3, -0.25) is 4.90 Å². The van der Waals surface area contributed by atoms with E-state index in [0.29, 0.717) is 5.92 Å². The normalized spacial score (nSPS) is 20.2. The summed E-state index contributed by atoms with van der Waals surface area (Å²) in [4.78, 5) is 12.9. The molecule has 3 heterocycles. The van der Waals surface area contributed by atoms with Crippen molar-refractivity contribution >= 4 is 11.3 Å². The Kier molecular flexibility index (Phi) is 4.13. The molecule has 0 N–H and O–H groups in total. The second kappa shape index (κ2) is 6.02. The molecule has 1 aliphatic rings. The third-order valence-electron chi connectivity index (χ3n) is 4.06. The first-order valence-electron chi connectivity index (χ1n) is 7.27. The van der Waals surface area contributed by atoms with Crippen molar-refractivity contribution in [3.05, 3.63) is 45.7 Å². The molecule has 0 saturated carbocycles. The average molecular weight is 287 g/mol. The molecule has 0 amide bonds. The maximum atomic E-state index is 4.61. The van der Waals surface area contributed by atoms with Crippen LogP contribution in [0.15, 0.2) is 23.7 Å². The van der Waals surface area contributed by atoms with Crippen molar-refractivity contribution in [1.82, 2.24) is 14.9 Å². The molecule has 3 rings (SSSR count). The van der Waals surface area contributed by atoms with Gasteiger partial charge in [0, 0.05) is 35.8 Å². The van der Waals surface area contributed by atoms with Gasteiger partial charge < -0.3 is 0 Å². The first-order valence-corrected chi connectivity index (χ1v) is 8.15. The largest absolute Gasteiger partial charge is 0.298 e. The van der Waals surface area contributed by atoms with Crippen LogP contribution in [0.3, 0.4) is 0 Å².